The second-order valence-electron chi connectivity index (χ2n) is 3.52. The van der Waals surface area contributed by atoms with Crippen LogP contribution in [-0.4, -0.2) is 32.2 Å². The van der Waals surface area contributed by atoms with Gasteiger partial charge in [-0.25, -0.2) is 0 Å². The van der Waals surface area contributed by atoms with Crippen molar-refractivity contribution in [2.45, 2.75) is 6.92 Å². The summed E-state index contributed by atoms with van der Waals surface area (Å²) >= 11 is 0. The van der Waals surface area contributed by atoms with Crippen LogP contribution in [0.25, 0.3) is 6.08 Å². The van der Waals surface area contributed by atoms with E-state index in [2.05, 4.69) is 5.16 Å². The summed E-state index contributed by atoms with van der Waals surface area (Å²) < 4.78 is 15.7. The minimum atomic E-state index is 0.492. The first-order valence-electron chi connectivity index (χ1n) is 5.33. The number of benzene rings is 1. The highest BCUT2D eigenvalue weighted by atomic mass is 16.5. The highest BCUT2D eigenvalue weighted by Crippen LogP contribution is 2.35. The number of nitrogens with zero attached hydrogens (tertiary/aromatic N) is 1. The molecule has 5 nitrogen and oxygen atoms in total. The molecule has 0 fully saturated rings. The summed E-state index contributed by atoms with van der Waals surface area (Å²) in [5.41, 5.74) is 1.30. The number of allylic oxidation sites excluding steroid dienone is 1. The number of hydrogen-bond donors (Lipinski definition) is 1. The van der Waals surface area contributed by atoms with Crippen molar-refractivity contribution < 1.29 is 19.4 Å². The molecule has 1 N–H and O–H groups in total. The van der Waals surface area contributed by atoms with Gasteiger partial charge >= 0.3 is 0 Å². The molecule has 0 radical (unpaired) electrons. The van der Waals surface area contributed by atoms with E-state index in [9.17, 15) is 0 Å². The minimum absolute atomic E-state index is 0.492. The Bertz CT molecular complexity index is 466. The van der Waals surface area contributed by atoms with Gasteiger partial charge in [0.05, 0.1) is 27.0 Å². The molecule has 0 aromatic heterocycles. The third-order valence-corrected chi connectivity index (χ3v) is 2.40. The van der Waals surface area contributed by atoms with Gasteiger partial charge in [-0.2, -0.15) is 0 Å². The Morgan fingerprint density at radius 3 is 2.11 bits per heavy atom. The van der Waals surface area contributed by atoms with Crippen molar-refractivity contribution in [3.05, 3.63) is 23.8 Å². The van der Waals surface area contributed by atoms with Gasteiger partial charge in [-0.05, 0) is 25.1 Å². The normalized spacial score (nSPS) is 11.7. The van der Waals surface area contributed by atoms with Crippen LogP contribution in [-0.2, 0) is 0 Å². The molecule has 0 bridgehead atoms. The van der Waals surface area contributed by atoms with Crippen LogP contribution in [0, 0.1) is 0 Å². The Morgan fingerprint density at radius 2 is 1.61 bits per heavy atom. The lowest BCUT2D eigenvalue weighted by atomic mass is 10.1. The van der Waals surface area contributed by atoms with Gasteiger partial charge in [-0.3, -0.25) is 0 Å². The maximum atomic E-state index is 8.58. The Labute approximate surface area is 106 Å². The fourth-order valence-electron chi connectivity index (χ4n) is 1.43. The first-order chi connectivity index (χ1) is 8.65. The van der Waals surface area contributed by atoms with Crippen molar-refractivity contribution in [2.75, 3.05) is 21.3 Å². The molecule has 1 aromatic carbocycles. The highest BCUT2D eigenvalue weighted by Gasteiger charge is 2.09. The largest absolute Gasteiger partial charge is 0.496 e. The van der Waals surface area contributed by atoms with Crippen LogP contribution < -0.4 is 14.2 Å². The monoisotopic (exact) mass is 251 g/mol. The van der Waals surface area contributed by atoms with Crippen molar-refractivity contribution in [1.82, 2.24) is 0 Å². The predicted molar refractivity (Wildman–Crippen MR) is 70.0 cm³/mol. The van der Waals surface area contributed by atoms with Crippen LogP contribution in [0.3, 0.4) is 0 Å². The molecular weight excluding hydrogens is 234 g/mol. The lowest BCUT2D eigenvalue weighted by molar-refractivity contribution is 0.319. The predicted octanol–water partition coefficient (Wildman–Crippen LogP) is 2.58. The Kier molecular flexibility index (Phi) is 5.05. The zero-order valence-electron chi connectivity index (χ0n) is 10.9. The molecular formula is C13H17NO4. The summed E-state index contributed by atoms with van der Waals surface area (Å²) in [7, 11) is 4.71. The van der Waals surface area contributed by atoms with Crippen LogP contribution in [0.5, 0.6) is 17.2 Å². The molecule has 5 heteroatoms. The topological polar surface area (TPSA) is 60.3 Å². The Balaban J connectivity index is 3.21. The average molecular weight is 251 g/mol. The zero-order valence-corrected chi connectivity index (χ0v) is 10.9. The summed E-state index contributed by atoms with van der Waals surface area (Å²) in [4.78, 5) is 0. The first kappa shape index (κ1) is 13.9. The maximum absolute atomic E-state index is 8.58. The molecule has 0 atom stereocenters. The minimum Gasteiger partial charge on any atom is -0.496 e. The molecule has 18 heavy (non-hydrogen) atoms. The van der Waals surface area contributed by atoms with Crippen LogP contribution in [0.4, 0.5) is 0 Å². The van der Waals surface area contributed by atoms with Gasteiger partial charge in [0.1, 0.15) is 5.75 Å². The van der Waals surface area contributed by atoms with E-state index in [0.29, 0.717) is 23.0 Å². The van der Waals surface area contributed by atoms with Crippen molar-refractivity contribution >= 4 is 11.8 Å². The van der Waals surface area contributed by atoms with Crippen molar-refractivity contribution in [3.63, 3.8) is 0 Å². The molecule has 0 amide bonds. The lowest BCUT2D eigenvalue weighted by Crippen LogP contribution is -1.94. The standard InChI is InChI=1S/C13H17NO4/c1-9(14-15)5-6-10-7-12(17-3)13(18-4)8-11(10)16-2/h5-8,15H,1-4H3/b6-5+,14-9?. The Morgan fingerprint density at radius 1 is 1.06 bits per heavy atom. The summed E-state index contributed by atoms with van der Waals surface area (Å²) in [5.74, 6) is 1.85. The fraction of sp³-hybridized carbons (Fsp3) is 0.308. The van der Waals surface area contributed by atoms with Gasteiger partial charge in [0.25, 0.3) is 0 Å². The van der Waals surface area contributed by atoms with Gasteiger partial charge in [0, 0.05) is 11.6 Å². The third kappa shape index (κ3) is 3.16. The molecule has 0 spiro atoms. The molecule has 1 rings (SSSR count). The lowest BCUT2D eigenvalue weighted by Gasteiger charge is -2.12. The van der Waals surface area contributed by atoms with E-state index >= 15 is 0 Å². The molecule has 0 unspecified atom stereocenters. The van der Waals surface area contributed by atoms with E-state index in [1.54, 1.807) is 52.5 Å². The first-order valence-corrected chi connectivity index (χ1v) is 5.33. The molecule has 0 saturated carbocycles. The quantitative estimate of drug-likeness (QED) is 0.496. The van der Waals surface area contributed by atoms with Crippen LogP contribution in [0.1, 0.15) is 12.5 Å². The van der Waals surface area contributed by atoms with Gasteiger partial charge in [-0.1, -0.05) is 5.16 Å². The van der Waals surface area contributed by atoms with E-state index in [1.807, 2.05) is 0 Å². The SMILES string of the molecule is COc1cc(OC)c(OC)cc1/C=C/C(C)=NO. The number of methoxy groups -OCH3 is 3. The molecule has 0 aliphatic heterocycles. The van der Waals surface area contributed by atoms with Gasteiger partial charge in [0.15, 0.2) is 11.5 Å². The summed E-state index contributed by atoms with van der Waals surface area (Å²) in [5, 5.41) is 11.7. The van der Waals surface area contributed by atoms with Gasteiger partial charge in [-0.15, -0.1) is 0 Å². The van der Waals surface area contributed by atoms with E-state index in [1.165, 1.54) is 0 Å². The molecule has 0 aliphatic carbocycles. The summed E-state index contributed by atoms with van der Waals surface area (Å²) in [6, 6.07) is 3.53. The van der Waals surface area contributed by atoms with Crippen molar-refractivity contribution in [3.8, 4) is 17.2 Å². The molecule has 0 saturated heterocycles. The molecule has 98 valence electrons. The second-order valence-corrected chi connectivity index (χ2v) is 3.52. The molecule has 0 aliphatic rings. The van der Waals surface area contributed by atoms with Crippen LogP contribution in [0.2, 0.25) is 0 Å². The second kappa shape index (κ2) is 6.54. The highest BCUT2D eigenvalue weighted by molar-refractivity contribution is 5.96. The van der Waals surface area contributed by atoms with Crippen molar-refractivity contribution in [1.29, 1.82) is 0 Å². The number of rotatable bonds is 5. The Hall–Kier alpha value is -2.17. The van der Waals surface area contributed by atoms with Gasteiger partial charge in [0.2, 0.25) is 0 Å². The number of hydrogen-bond acceptors (Lipinski definition) is 5. The zero-order chi connectivity index (χ0) is 13.5. The van der Waals surface area contributed by atoms with Crippen LogP contribution >= 0.6 is 0 Å². The van der Waals surface area contributed by atoms with E-state index in [4.69, 9.17) is 19.4 Å². The smallest absolute Gasteiger partial charge is 0.164 e. The summed E-state index contributed by atoms with van der Waals surface area (Å²) in [6.07, 6.45) is 3.44. The molecule has 1 aromatic rings. The molecule has 0 heterocycles. The fourth-order valence-corrected chi connectivity index (χ4v) is 1.43. The average Bonchev–Trinajstić information content (AvgIpc) is 2.43. The van der Waals surface area contributed by atoms with E-state index < -0.39 is 0 Å². The third-order valence-electron chi connectivity index (χ3n) is 2.40. The number of ether oxygens (including phenoxy) is 3. The van der Waals surface area contributed by atoms with E-state index in [-0.39, 0.29) is 0 Å². The maximum Gasteiger partial charge on any atom is 0.164 e. The summed E-state index contributed by atoms with van der Waals surface area (Å²) in [6.45, 7) is 1.68. The number of oxime groups is 1. The van der Waals surface area contributed by atoms with Gasteiger partial charge < -0.3 is 19.4 Å². The van der Waals surface area contributed by atoms with E-state index in [0.717, 1.165) is 5.56 Å². The van der Waals surface area contributed by atoms with Crippen LogP contribution in [0.15, 0.2) is 23.4 Å². The van der Waals surface area contributed by atoms with Crippen molar-refractivity contribution in [2.24, 2.45) is 5.16 Å².